The summed E-state index contributed by atoms with van der Waals surface area (Å²) < 4.78 is 5.36. The first-order valence-electron chi connectivity index (χ1n) is 15.7. The van der Waals surface area contributed by atoms with Gasteiger partial charge in [0.05, 0.1) is 18.6 Å². The summed E-state index contributed by atoms with van der Waals surface area (Å²) in [4.78, 5) is 29.4. The molecule has 0 aliphatic heterocycles. The van der Waals surface area contributed by atoms with Crippen molar-refractivity contribution in [2.24, 2.45) is 17.1 Å². The minimum Gasteiger partial charge on any atom is -0.497 e. The van der Waals surface area contributed by atoms with Crippen LogP contribution < -0.4 is 15.8 Å². The molecule has 7 nitrogen and oxygen atoms in total. The Balaban J connectivity index is 1.71. The predicted octanol–water partition coefficient (Wildman–Crippen LogP) is 5.55. The van der Waals surface area contributed by atoms with E-state index in [0.29, 0.717) is 31.6 Å². The molecule has 0 saturated carbocycles. The summed E-state index contributed by atoms with van der Waals surface area (Å²) in [5, 5.41) is 17.5. The third-order valence-electron chi connectivity index (χ3n) is 8.64. The average molecular weight is 598 g/mol. The van der Waals surface area contributed by atoms with Gasteiger partial charge in [0.15, 0.2) is 0 Å². The molecule has 44 heavy (non-hydrogen) atoms. The number of fused-ring (bicyclic) bond motifs is 1. The van der Waals surface area contributed by atoms with Crippen LogP contribution in [0.4, 0.5) is 0 Å². The average Bonchev–Trinajstić information content (AvgIpc) is 3.02. The van der Waals surface area contributed by atoms with Crippen LogP contribution in [0.1, 0.15) is 51.2 Å². The van der Waals surface area contributed by atoms with Crippen LogP contribution in [0, 0.1) is 11.3 Å². The Kier molecular flexibility index (Phi) is 11.4. The van der Waals surface area contributed by atoms with Crippen molar-refractivity contribution in [2.45, 2.75) is 59.1 Å². The number of hydrogen-bond donors (Lipinski definition) is 3. The summed E-state index contributed by atoms with van der Waals surface area (Å²) in [6.45, 7) is 8.05. The van der Waals surface area contributed by atoms with Crippen LogP contribution >= 0.6 is 0 Å². The molecule has 4 N–H and O–H groups in total. The van der Waals surface area contributed by atoms with Gasteiger partial charge in [0, 0.05) is 37.7 Å². The molecular weight excluding hydrogens is 550 g/mol. The van der Waals surface area contributed by atoms with Gasteiger partial charge >= 0.3 is 0 Å². The zero-order chi connectivity index (χ0) is 31.7. The van der Waals surface area contributed by atoms with Gasteiger partial charge in [-0.15, -0.1) is 0 Å². The van der Waals surface area contributed by atoms with Crippen LogP contribution in [0.2, 0.25) is 0 Å². The quantitative estimate of drug-likeness (QED) is 0.213. The molecule has 2 amide bonds. The van der Waals surface area contributed by atoms with Gasteiger partial charge in [0.25, 0.3) is 0 Å². The normalized spacial score (nSPS) is 17.8. The van der Waals surface area contributed by atoms with E-state index < -0.39 is 23.3 Å². The van der Waals surface area contributed by atoms with Crippen molar-refractivity contribution in [3.05, 3.63) is 101 Å². The fraction of sp³-hybridized carbons (Fsp3) is 0.405. The molecule has 3 atom stereocenters. The fourth-order valence-corrected chi connectivity index (χ4v) is 6.57. The number of carbonyl (C=O) groups is 2. The molecule has 1 unspecified atom stereocenters. The Bertz CT molecular complexity index is 1500. The summed E-state index contributed by atoms with van der Waals surface area (Å²) in [5.41, 5.74) is 8.43. The van der Waals surface area contributed by atoms with Crippen molar-refractivity contribution in [3.8, 4) is 5.75 Å². The lowest BCUT2D eigenvalue weighted by atomic mass is 9.63. The number of amides is 2. The summed E-state index contributed by atoms with van der Waals surface area (Å²) >= 11 is 0. The Hall–Kier alpha value is -3.94. The molecule has 3 aromatic carbocycles. The Labute approximate surface area is 261 Å². The number of allylic oxidation sites excluding steroid dienone is 2. The summed E-state index contributed by atoms with van der Waals surface area (Å²) in [6.07, 6.45) is 5.07. The van der Waals surface area contributed by atoms with Crippen LogP contribution in [0.3, 0.4) is 0 Å². The lowest BCUT2D eigenvalue weighted by Crippen LogP contribution is -2.51. The number of nitrogens with two attached hydrogens (primary N) is 1. The van der Waals surface area contributed by atoms with Crippen molar-refractivity contribution in [2.75, 3.05) is 26.7 Å². The standard InChI is InChI=1S/C37H47N3O4/c1-5-17-40(18-6-2)35(42)30-19-26(3)22-37(23-30,36(38)43)33(21-29-14-10-13-28-12-7-8-16-32(28)29)34(41)25-39-24-27-11-9-15-31(20-27)44-4/h7-16,19-20,22,33-34,39,41H,5-6,17-18,21,23-25H2,1-4H3,(H2,38,43)/t33-,34+,37?/m1/s1. The summed E-state index contributed by atoms with van der Waals surface area (Å²) in [7, 11) is 1.63. The molecular formula is C37H47N3O4. The van der Waals surface area contributed by atoms with Crippen LogP contribution in [-0.4, -0.2) is 54.7 Å². The van der Waals surface area contributed by atoms with Crippen LogP contribution in [0.25, 0.3) is 10.8 Å². The minimum absolute atomic E-state index is 0.0682. The van der Waals surface area contributed by atoms with Gasteiger partial charge in [0.2, 0.25) is 11.8 Å². The van der Waals surface area contributed by atoms with Gasteiger partial charge in [-0.1, -0.05) is 86.2 Å². The molecule has 3 aromatic rings. The molecule has 0 spiro atoms. The third kappa shape index (κ3) is 7.58. The molecule has 234 valence electrons. The lowest BCUT2D eigenvalue weighted by Gasteiger charge is -2.42. The Morgan fingerprint density at radius 1 is 1.05 bits per heavy atom. The van der Waals surface area contributed by atoms with Gasteiger partial charge in [-0.25, -0.2) is 0 Å². The van der Waals surface area contributed by atoms with Crippen LogP contribution in [0.15, 0.2) is 90.0 Å². The second-order valence-electron chi connectivity index (χ2n) is 11.9. The number of methoxy groups -OCH3 is 1. The van der Waals surface area contributed by atoms with E-state index in [1.54, 1.807) is 7.11 Å². The molecule has 0 aromatic heterocycles. The zero-order valence-corrected chi connectivity index (χ0v) is 26.5. The molecule has 0 fully saturated rings. The number of nitrogens with zero attached hydrogens (tertiary/aromatic N) is 1. The second-order valence-corrected chi connectivity index (χ2v) is 11.9. The fourth-order valence-electron chi connectivity index (χ4n) is 6.57. The zero-order valence-electron chi connectivity index (χ0n) is 26.5. The largest absolute Gasteiger partial charge is 0.497 e. The van der Waals surface area contributed by atoms with E-state index in [2.05, 4.69) is 37.4 Å². The van der Waals surface area contributed by atoms with E-state index >= 15 is 0 Å². The maximum atomic E-state index is 13.8. The molecule has 0 saturated heterocycles. The van der Waals surface area contributed by atoms with E-state index in [0.717, 1.165) is 46.1 Å². The monoisotopic (exact) mass is 597 g/mol. The molecule has 1 aliphatic carbocycles. The molecule has 4 rings (SSSR count). The smallest absolute Gasteiger partial charge is 0.249 e. The minimum atomic E-state index is -1.26. The van der Waals surface area contributed by atoms with Gasteiger partial charge in [-0.3, -0.25) is 9.59 Å². The number of hydrogen-bond acceptors (Lipinski definition) is 5. The van der Waals surface area contributed by atoms with Crippen molar-refractivity contribution < 1.29 is 19.4 Å². The van der Waals surface area contributed by atoms with E-state index in [-0.39, 0.29) is 18.9 Å². The number of nitrogens with one attached hydrogen (secondary N) is 1. The number of rotatable bonds is 15. The highest BCUT2D eigenvalue weighted by molar-refractivity contribution is 5.97. The number of aliphatic hydroxyl groups is 1. The summed E-state index contributed by atoms with van der Waals surface area (Å²) in [5.74, 6) is -0.439. The van der Waals surface area contributed by atoms with Crippen molar-refractivity contribution >= 4 is 22.6 Å². The SMILES string of the molecule is CCCN(CCC)C(=O)C1=CC(C)=CC(C(N)=O)([C@H](Cc2cccc3ccccc23)[C@@H](O)CNCc2cccc(OC)c2)C1. The molecule has 0 bridgehead atoms. The molecule has 7 heteroatoms. The first kappa shape index (κ1) is 33.0. The third-order valence-corrected chi connectivity index (χ3v) is 8.64. The number of ether oxygens (including phenoxy) is 1. The van der Waals surface area contributed by atoms with Crippen molar-refractivity contribution in [1.29, 1.82) is 0 Å². The maximum Gasteiger partial charge on any atom is 0.249 e. The molecule has 0 heterocycles. The van der Waals surface area contributed by atoms with Crippen LogP contribution in [-0.2, 0) is 22.6 Å². The number of aliphatic hydroxyl groups excluding tert-OH is 1. The van der Waals surface area contributed by atoms with E-state index in [1.807, 2.05) is 72.5 Å². The number of carbonyl (C=O) groups excluding carboxylic acids is 2. The van der Waals surface area contributed by atoms with Crippen molar-refractivity contribution in [1.82, 2.24) is 10.2 Å². The van der Waals surface area contributed by atoms with Crippen LogP contribution in [0.5, 0.6) is 5.75 Å². The van der Waals surface area contributed by atoms with E-state index in [9.17, 15) is 14.7 Å². The number of primary amides is 1. The highest BCUT2D eigenvalue weighted by Crippen LogP contribution is 2.45. The highest BCUT2D eigenvalue weighted by atomic mass is 16.5. The van der Waals surface area contributed by atoms with Gasteiger partial charge in [-0.2, -0.15) is 0 Å². The van der Waals surface area contributed by atoms with Crippen molar-refractivity contribution in [3.63, 3.8) is 0 Å². The first-order chi connectivity index (χ1) is 21.2. The predicted molar refractivity (Wildman–Crippen MR) is 177 cm³/mol. The van der Waals surface area contributed by atoms with E-state index in [4.69, 9.17) is 10.5 Å². The Morgan fingerprint density at radius 3 is 2.45 bits per heavy atom. The Morgan fingerprint density at radius 2 is 1.75 bits per heavy atom. The molecule has 1 aliphatic rings. The van der Waals surface area contributed by atoms with Gasteiger partial charge in [-0.05, 0) is 66.6 Å². The topological polar surface area (TPSA) is 105 Å². The summed E-state index contributed by atoms with van der Waals surface area (Å²) in [6, 6.07) is 22.0. The second kappa shape index (κ2) is 15.2. The maximum absolute atomic E-state index is 13.8. The van der Waals surface area contributed by atoms with Gasteiger partial charge < -0.3 is 25.8 Å². The van der Waals surface area contributed by atoms with Gasteiger partial charge in [0.1, 0.15) is 5.75 Å². The first-order valence-corrected chi connectivity index (χ1v) is 15.7. The molecule has 0 radical (unpaired) electrons. The number of benzene rings is 3. The highest BCUT2D eigenvalue weighted by Gasteiger charge is 2.48. The lowest BCUT2D eigenvalue weighted by molar-refractivity contribution is -0.132. The van der Waals surface area contributed by atoms with E-state index in [1.165, 1.54) is 0 Å².